The molecule has 2 aromatic heterocycles. The molecule has 3 aromatic rings. The van der Waals surface area contributed by atoms with E-state index in [0.717, 1.165) is 34.9 Å². The highest BCUT2D eigenvalue weighted by atomic mass is 35.5. The van der Waals surface area contributed by atoms with Crippen molar-refractivity contribution < 1.29 is 0 Å². The van der Waals surface area contributed by atoms with Gasteiger partial charge in [-0.2, -0.15) is 0 Å². The summed E-state index contributed by atoms with van der Waals surface area (Å²) in [6, 6.07) is 8.27. The third kappa shape index (κ3) is 2.97. The van der Waals surface area contributed by atoms with E-state index in [1.165, 1.54) is 0 Å². The molecule has 6 heteroatoms. The molecule has 2 heterocycles. The van der Waals surface area contributed by atoms with Crippen molar-refractivity contribution in [2.75, 3.05) is 5.32 Å². The maximum absolute atomic E-state index is 13.2. The van der Waals surface area contributed by atoms with Gasteiger partial charge in [0, 0.05) is 11.7 Å². The second-order valence-corrected chi connectivity index (χ2v) is 7.40. The molecule has 1 N–H and O–H groups in total. The van der Waals surface area contributed by atoms with Gasteiger partial charge in [-0.25, -0.2) is 9.97 Å². The summed E-state index contributed by atoms with van der Waals surface area (Å²) in [6.45, 7) is 5.85. The molecule has 26 heavy (non-hydrogen) atoms. The van der Waals surface area contributed by atoms with Crippen LogP contribution in [0.15, 0.2) is 35.3 Å². The van der Waals surface area contributed by atoms with Crippen LogP contribution in [0.4, 0.5) is 5.82 Å². The molecule has 4 rings (SSSR count). The lowest BCUT2D eigenvalue weighted by Gasteiger charge is -2.22. The molecular formula is C20H21ClN4O. The molecule has 1 aliphatic rings. The molecule has 0 spiro atoms. The minimum Gasteiger partial charge on any atom is -0.361 e. The summed E-state index contributed by atoms with van der Waals surface area (Å²) in [5.41, 5.74) is 2.07. The monoisotopic (exact) mass is 368 g/mol. The fraction of sp³-hybridized carbons (Fsp3) is 0.350. The first-order chi connectivity index (χ1) is 12.5. The van der Waals surface area contributed by atoms with Crippen molar-refractivity contribution >= 4 is 28.2 Å². The van der Waals surface area contributed by atoms with Gasteiger partial charge in [0.2, 0.25) is 0 Å². The molecule has 1 fully saturated rings. The zero-order chi connectivity index (χ0) is 18.4. The summed E-state index contributed by atoms with van der Waals surface area (Å²) in [5, 5.41) is 5.61. The SMILES string of the molecule is Cc1ncc(Cl)c(N[C@@H](C)c2cc3cccc(C)c3c(=O)n2C2CC2)n1. The Morgan fingerprint density at radius 3 is 2.81 bits per heavy atom. The highest BCUT2D eigenvalue weighted by Crippen LogP contribution is 2.37. The molecule has 134 valence electrons. The molecule has 0 bridgehead atoms. The number of fused-ring (bicyclic) bond motifs is 1. The molecule has 0 aliphatic heterocycles. The van der Waals surface area contributed by atoms with Crippen molar-refractivity contribution in [2.24, 2.45) is 0 Å². The van der Waals surface area contributed by atoms with Crippen LogP contribution in [-0.2, 0) is 0 Å². The number of benzene rings is 1. The largest absolute Gasteiger partial charge is 0.361 e. The number of aryl methyl sites for hydroxylation is 2. The number of pyridine rings is 1. The molecule has 0 amide bonds. The fourth-order valence-corrected chi connectivity index (χ4v) is 3.59. The van der Waals surface area contributed by atoms with Crippen molar-refractivity contribution in [1.29, 1.82) is 0 Å². The van der Waals surface area contributed by atoms with Gasteiger partial charge in [-0.05, 0) is 50.6 Å². The molecule has 0 radical (unpaired) electrons. The van der Waals surface area contributed by atoms with Crippen LogP contribution in [0, 0.1) is 13.8 Å². The maximum atomic E-state index is 13.2. The van der Waals surface area contributed by atoms with E-state index in [9.17, 15) is 4.79 Å². The molecule has 5 nitrogen and oxygen atoms in total. The number of rotatable bonds is 4. The van der Waals surface area contributed by atoms with Crippen LogP contribution in [0.2, 0.25) is 5.02 Å². The molecule has 1 aromatic carbocycles. The number of anilines is 1. The Hall–Kier alpha value is -2.40. The first-order valence-corrected chi connectivity index (χ1v) is 9.24. The Bertz CT molecular complexity index is 1060. The van der Waals surface area contributed by atoms with E-state index in [-0.39, 0.29) is 17.6 Å². The van der Waals surface area contributed by atoms with Gasteiger partial charge in [0.05, 0.1) is 17.6 Å². The number of nitrogens with one attached hydrogen (secondary N) is 1. The summed E-state index contributed by atoms with van der Waals surface area (Å²) in [6.07, 6.45) is 3.69. The number of hydrogen-bond acceptors (Lipinski definition) is 4. The van der Waals surface area contributed by atoms with E-state index in [1.54, 1.807) is 6.20 Å². The lowest BCUT2D eigenvalue weighted by Crippen LogP contribution is -2.26. The Kier molecular flexibility index (Phi) is 4.19. The van der Waals surface area contributed by atoms with E-state index >= 15 is 0 Å². The van der Waals surface area contributed by atoms with E-state index < -0.39 is 0 Å². The number of nitrogens with zero attached hydrogens (tertiary/aromatic N) is 3. The number of aromatic nitrogens is 3. The topological polar surface area (TPSA) is 59.8 Å². The Morgan fingerprint density at radius 1 is 1.31 bits per heavy atom. The summed E-state index contributed by atoms with van der Waals surface area (Å²) in [4.78, 5) is 21.7. The van der Waals surface area contributed by atoms with E-state index in [0.29, 0.717) is 16.7 Å². The van der Waals surface area contributed by atoms with Gasteiger partial charge >= 0.3 is 0 Å². The van der Waals surface area contributed by atoms with Crippen molar-refractivity contribution in [3.63, 3.8) is 0 Å². The van der Waals surface area contributed by atoms with E-state index in [2.05, 4.69) is 21.4 Å². The van der Waals surface area contributed by atoms with Crippen molar-refractivity contribution in [3.8, 4) is 0 Å². The van der Waals surface area contributed by atoms with E-state index in [4.69, 9.17) is 11.6 Å². The van der Waals surface area contributed by atoms with Gasteiger partial charge in [-0.15, -0.1) is 0 Å². The third-order valence-corrected chi connectivity index (χ3v) is 5.17. The van der Waals surface area contributed by atoms with Crippen LogP contribution in [0.5, 0.6) is 0 Å². The molecule has 1 saturated carbocycles. The predicted molar refractivity (Wildman–Crippen MR) is 105 cm³/mol. The average molecular weight is 369 g/mol. The minimum absolute atomic E-state index is 0.0942. The molecule has 1 aliphatic carbocycles. The van der Waals surface area contributed by atoms with Crippen LogP contribution in [0.3, 0.4) is 0 Å². The molecule has 1 atom stereocenters. The molecular weight excluding hydrogens is 348 g/mol. The normalized spacial score (nSPS) is 15.2. The third-order valence-electron chi connectivity index (χ3n) is 4.89. The van der Waals surface area contributed by atoms with Gasteiger partial charge in [-0.3, -0.25) is 4.79 Å². The van der Waals surface area contributed by atoms with Gasteiger partial charge in [0.15, 0.2) is 0 Å². The zero-order valence-corrected chi connectivity index (χ0v) is 15.8. The number of hydrogen-bond donors (Lipinski definition) is 1. The van der Waals surface area contributed by atoms with Crippen LogP contribution in [0.1, 0.15) is 48.9 Å². The first-order valence-electron chi connectivity index (χ1n) is 8.86. The van der Waals surface area contributed by atoms with E-state index in [1.807, 2.05) is 43.5 Å². The van der Waals surface area contributed by atoms with Gasteiger partial charge in [0.25, 0.3) is 5.56 Å². The lowest BCUT2D eigenvalue weighted by atomic mass is 10.0. The zero-order valence-electron chi connectivity index (χ0n) is 15.1. The van der Waals surface area contributed by atoms with Crippen LogP contribution < -0.4 is 10.9 Å². The van der Waals surface area contributed by atoms with Crippen molar-refractivity contribution in [2.45, 2.75) is 45.7 Å². The molecule has 0 unspecified atom stereocenters. The summed E-state index contributed by atoms with van der Waals surface area (Å²) in [5.74, 6) is 1.24. The predicted octanol–water partition coefficient (Wildman–Crippen LogP) is 4.57. The summed E-state index contributed by atoms with van der Waals surface area (Å²) >= 11 is 6.23. The highest BCUT2D eigenvalue weighted by Gasteiger charge is 2.29. The first kappa shape index (κ1) is 17.0. The number of halogens is 1. The molecule has 0 saturated heterocycles. The smallest absolute Gasteiger partial charge is 0.259 e. The van der Waals surface area contributed by atoms with Crippen molar-refractivity contribution in [3.05, 3.63) is 62.9 Å². The van der Waals surface area contributed by atoms with Crippen molar-refractivity contribution in [1.82, 2.24) is 14.5 Å². The Labute approximate surface area is 157 Å². The summed E-state index contributed by atoms with van der Waals surface area (Å²) in [7, 11) is 0. The quantitative estimate of drug-likeness (QED) is 0.732. The van der Waals surface area contributed by atoms with Gasteiger partial charge < -0.3 is 9.88 Å². The fourth-order valence-electron chi connectivity index (χ4n) is 3.45. The second-order valence-electron chi connectivity index (χ2n) is 6.99. The van der Waals surface area contributed by atoms with Gasteiger partial charge in [-0.1, -0.05) is 29.8 Å². The second kappa shape index (κ2) is 6.40. The van der Waals surface area contributed by atoms with Crippen LogP contribution >= 0.6 is 11.6 Å². The van der Waals surface area contributed by atoms with Crippen LogP contribution in [-0.4, -0.2) is 14.5 Å². The lowest BCUT2D eigenvalue weighted by molar-refractivity contribution is 0.635. The van der Waals surface area contributed by atoms with Gasteiger partial charge in [0.1, 0.15) is 16.7 Å². The Morgan fingerprint density at radius 2 is 2.08 bits per heavy atom. The Balaban J connectivity index is 1.84. The van der Waals surface area contributed by atoms with Crippen LogP contribution in [0.25, 0.3) is 10.8 Å². The minimum atomic E-state index is -0.111. The standard InChI is InChI=1S/C20H21ClN4O/c1-11-5-4-6-14-9-17(25(15-7-8-15)20(26)18(11)14)12(2)23-19-16(21)10-22-13(3)24-19/h4-6,9-10,12,15H,7-8H2,1-3H3,(H,22,23,24)/t12-/m0/s1. The highest BCUT2D eigenvalue weighted by molar-refractivity contribution is 6.32. The maximum Gasteiger partial charge on any atom is 0.259 e. The average Bonchev–Trinajstić information content (AvgIpc) is 3.42. The summed E-state index contributed by atoms with van der Waals surface area (Å²) < 4.78 is 1.95.